The monoisotopic (exact) mass is 529 g/mol. The van der Waals surface area contributed by atoms with E-state index in [9.17, 15) is 33.0 Å². The van der Waals surface area contributed by atoms with E-state index in [0.29, 0.717) is 12.0 Å². The number of esters is 1. The van der Waals surface area contributed by atoms with Gasteiger partial charge in [0.2, 0.25) is 0 Å². The molecule has 3 aromatic rings. The van der Waals surface area contributed by atoms with Crippen molar-refractivity contribution in [2.24, 2.45) is 5.92 Å². The highest BCUT2D eigenvalue weighted by Crippen LogP contribution is 2.44. The Bertz CT molecular complexity index is 1340. The SMILES string of the molecule is CC(=O)OC[C@]1(O)[C@H](O)C[C@H](c2ccncc2NC(=O)c2ccc(F)c(-c3c(F)cccc3F)n2)C[C@@H]1C. The molecule has 2 heterocycles. The van der Waals surface area contributed by atoms with Crippen LogP contribution in [0.2, 0.25) is 0 Å². The quantitative estimate of drug-likeness (QED) is 0.413. The number of nitrogens with zero attached hydrogens (tertiary/aromatic N) is 2. The van der Waals surface area contributed by atoms with E-state index in [-0.39, 0.29) is 30.3 Å². The van der Waals surface area contributed by atoms with E-state index in [1.54, 1.807) is 13.0 Å². The van der Waals surface area contributed by atoms with Crippen LogP contribution in [0.15, 0.2) is 48.8 Å². The third-order valence-electron chi connectivity index (χ3n) is 6.90. The number of nitrogens with one attached hydrogen (secondary N) is 1. The molecule has 0 aliphatic heterocycles. The third kappa shape index (κ3) is 5.39. The highest BCUT2D eigenvalue weighted by atomic mass is 19.1. The molecule has 11 heteroatoms. The number of carbonyl (C=O) groups is 2. The first-order valence-corrected chi connectivity index (χ1v) is 11.9. The van der Waals surface area contributed by atoms with Crippen LogP contribution in [-0.2, 0) is 9.53 Å². The summed E-state index contributed by atoms with van der Waals surface area (Å²) in [5.41, 5.74) is -2.33. The van der Waals surface area contributed by atoms with Crippen molar-refractivity contribution in [1.29, 1.82) is 0 Å². The zero-order valence-electron chi connectivity index (χ0n) is 20.6. The average molecular weight is 530 g/mol. The van der Waals surface area contributed by atoms with E-state index in [0.717, 1.165) is 30.3 Å². The van der Waals surface area contributed by atoms with Gasteiger partial charge in [-0.05, 0) is 60.6 Å². The minimum Gasteiger partial charge on any atom is -0.463 e. The Morgan fingerprint density at radius 2 is 1.82 bits per heavy atom. The fourth-order valence-electron chi connectivity index (χ4n) is 4.76. The maximum atomic E-state index is 14.4. The summed E-state index contributed by atoms with van der Waals surface area (Å²) in [7, 11) is 0. The summed E-state index contributed by atoms with van der Waals surface area (Å²) in [4.78, 5) is 32.2. The Morgan fingerprint density at radius 3 is 2.47 bits per heavy atom. The molecule has 1 saturated carbocycles. The maximum absolute atomic E-state index is 14.4. The van der Waals surface area contributed by atoms with Crippen LogP contribution in [-0.4, -0.2) is 50.4 Å². The molecule has 1 aromatic carbocycles. The van der Waals surface area contributed by atoms with Gasteiger partial charge in [-0.25, -0.2) is 18.2 Å². The number of hydrogen-bond donors (Lipinski definition) is 3. The first-order chi connectivity index (χ1) is 18.0. The summed E-state index contributed by atoms with van der Waals surface area (Å²) in [6.07, 6.45) is 2.19. The molecule has 0 radical (unpaired) electrons. The van der Waals surface area contributed by atoms with Crippen molar-refractivity contribution in [2.45, 2.75) is 44.3 Å². The molecular weight excluding hydrogens is 503 g/mol. The van der Waals surface area contributed by atoms with Crippen molar-refractivity contribution >= 4 is 17.6 Å². The minimum atomic E-state index is -1.63. The van der Waals surface area contributed by atoms with Crippen LogP contribution in [0.5, 0.6) is 0 Å². The molecule has 0 saturated heterocycles. The van der Waals surface area contributed by atoms with E-state index < -0.39 is 58.2 Å². The number of halogens is 3. The predicted molar refractivity (Wildman–Crippen MR) is 130 cm³/mol. The standard InChI is InChI=1S/C27H26F3N3O5/c1-14-10-16(11-23(35)27(14,37)13-38-15(2)34)17-8-9-31-12-22(17)33-26(36)21-7-6-20(30)25(32-21)24-18(28)4-3-5-19(24)29/h3-9,12,14,16,23,35,37H,10-11,13H2,1-2H3,(H,33,36)/t14-,16+,23+,27+/m0/s1. The highest BCUT2D eigenvalue weighted by Gasteiger charge is 2.48. The molecule has 1 aliphatic carbocycles. The minimum absolute atomic E-state index is 0.112. The second-order valence-corrected chi connectivity index (χ2v) is 9.40. The Morgan fingerprint density at radius 1 is 1.11 bits per heavy atom. The van der Waals surface area contributed by atoms with Crippen LogP contribution in [0.1, 0.15) is 48.7 Å². The number of aliphatic hydroxyl groups excluding tert-OH is 1. The summed E-state index contributed by atoms with van der Waals surface area (Å²) in [5.74, 6) is -5.17. The number of ether oxygens (including phenoxy) is 1. The van der Waals surface area contributed by atoms with Gasteiger partial charge in [0.05, 0.1) is 23.6 Å². The molecule has 1 amide bonds. The fourth-order valence-corrected chi connectivity index (χ4v) is 4.76. The van der Waals surface area contributed by atoms with Crippen LogP contribution < -0.4 is 5.32 Å². The van der Waals surface area contributed by atoms with Crippen LogP contribution in [0.3, 0.4) is 0 Å². The fraction of sp³-hybridized carbons (Fsp3) is 0.333. The number of aliphatic hydroxyl groups is 2. The molecule has 0 unspecified atom stereocenters. The van der Waals surface area contributed by atoms with E-state index in [1.165, 1.54) is 19.3 Å². The second kappa shape index (κ2) is 10.9. The number of rotatable bonds is 6. The predicted octanol–water partition coefficient (Wildman–Crippen LogP) is 3.98. The lowest BCUT2D eigenvalue weighted by atomic mass is 9.68. The zero-order chi connectivity index (χ0) is 27.6. The van der Waals surface area contributed by atoms with Gasteiger partial charge < -0.3 is 20.3 Å². The molecule has 0 spiro atoms. The molecule has 4 rings (SSSR count). The van der Waals surface area contributed by atoms with Gasteiger partial charge in [0, 0.05) is 13.1 Å². The second-order valence-electron chi connectivity index (χ2n) is 9.40. The average Bonchev–Trinajstić information content (AvgIpc) is 2.87. The van der Waals surface area contributed by atoms with Crippen LogP contribution >= 0.6 is 0 Å². The topological polar surface area (TPSA) is 122 Å². The van der Waals surface area contributed by atoms with E-state index in [4.69, 9.17) is 4.74 Å². The summed E-state index contributed by atoms with van der Waals surface area (Å²) >= 11 is 0. The van der Waals surface area contributed by atoms with Crippen molar-refractivity contribution in [2.75, 3.05) is 11.9 Å². The van der Waals surface area contributed by atoms with E-state index in [1.807, 2.05) is 0 Å². The lowest BCUT2D eigenvalue weighted by Gasteiger charge is -2.44. The van der Waals surface area contributed by atoms with Crippen molar-refractivity contribution < 1.29 is 37.7 Å². The summed E-state index contributed by atoms with van der Waals surface area (Å²) in [6, 6.07) is 6.70. The maximum Gasteiger partial charge on any atom is 0.302 e. The van der Waals surface area contributed by atoms with Gasteiger partial charge in [0.1, 0.15) is 41.0 Å². The van der Waals surface area contributed by atoms with Crippen LogP contribution in [0, 0.1) is 23.4 Å². The Hall–Kier alpha value is -3.83. The summed E-state index contributed by atoms with van der Waals surface area (Å²) in [5, 5.41) is 24.4. The lowest BCUT2D eigenvalue weighted by molar-refractivity contribution is -0.180. The Labute approximate surface area is 216 Å². The molecule has 1 fully saturated rings. The third-order valence-corrected chi connectivity index (χ3v) is 6.90. The smallest absolute Gasteiger partial charge is 0.302 e. The first-order valence-electron chi connectivity index (χ1n) is 11.9. The number of hydrogen-bond acceptors (Lipinski definition) is 7. The van der Waals surface area contributed by atoms with Gasteiger partial charge in [-0.2, -0.15) is 0 Å². The molecule has 4 atom stereocenters. The molecule has 3 N–H and O–H groups in total. The number of pyridine rings is 2. The molecule has 200 valence electrons. The summed E-state index contributed by atoms with van der Waals surface area (Å²) < 4.78 is 47.9. The van der Waals surface area contributed by atoms with Gasteiger partial charge in [-0.1, -0.05) is 13.0 Å². The molecule has 2 aromatic heterocycles. The van der Waals surface area contributed by atoms with Gasteiger partial charge in [0.25, 0.3) is 5.91 Å². The number of carbonyl (C=O) groups excluding carboxylic acids is 2. The molecule has 1 aliphatic rings. The molecule has 8 nitrogen and oxygen atoms in total. The molecule has 0 bridgehead atoms. The highest BCUT2D eigenvalue weighted by molar-refractivity contribution is 6.03. The molecular formula is C27H26F3N3O5. The van der Waals surface area contributed by atoms with Crippen molar-refractivity contribution in [3.05, 3.63) is 77.5 Å². The van der Waals surface area contributed by atoms with Crippen molar-refractivity contribution in [3.63, 3.8) is 0 Å². The molecule has 38 heavy (non-hydrogen) atoms. The van der Waals surface area contributed by atoms with Crippen LogP contribution in [0.25, 0.3) is 11.3 Å². The zero-order valence-corrected chi connectivity index (χ0v) is 20.6. The van der Waals surface area contributed by atoms with Gasteiger partial charge in [0.15, 0.2) is 0 Å². The van der Waals surface area contributed by atoms with Gasteiger partial charge in [-0.15, -0.1) is 0 Å². The number of benzene rings is 1. The number of anilines is 1. The largest absolute Gasteiger partial charge is 0.463 e. The Kier molecular flexibility index (Phi) is 7.79. The Balaban J connectivity index is 1.58. The van der Waals surface area contributed by atoms with E-state index in [2.05, 4.69) is 15.3 Å². The lowest BCUT2D eigenvalue weighted by Crippen LogP contribution is -2.55. The number of amides is 1. The van der Waals surface area contributed by atoms with Crippen molar-refractivity contribution in [1.82, 2.24) is 9.97 Å². The normalized spacial score (nSPS) is 23.1. The van der Waals surface area contributed by atoms with Crippen LogP contribution in [0.4, 0.5) is 18.9 Å². The first kappa shape index (κ1) is 27.2. The number of aromatic nitrogens is 2. The van der Waals surface area contributed by atoms with E-state index >= 15 is 0 Å². The van der Waals surface area contributed by atoms with Gasteiger partial charge >= 0.3 is 5.97 Å². The van der Waals surface area contributed by atoms with Gasteiger partial charge in [-0.3, -0.25) is 14.6 Å². The summed E-state index contributed by atoms with van der Waals surface area (Å²) in [6.45, 7) is 2.59. The van der Waals surface area contributed by atoms with Crippen molar-refractivity contribution in [3.8, 4) is 11.3 Å².